The van der Waals surface area contributed by atoms with Gasteiger partial charge >= 0.3 is 0 Å². The lowest BCUT2D eigenvalue weighted by molar-refractivity contribution is 0.227. The van der Waals surface area contributed by atoms with E-state index in [0.29, 0.717) is 6.04 Å². The molecule has 0 aromatic heterocycles. The number of piperazine rings is 1. The standard InChI is InChI=1S/C14H20FN3/c1-17-11(10-18-7-5-16-6-8-18)9-12-13(15)3-2-4-14(12)17/h2-4,11,16H,5-10H2,1H3. The van der Waals surface area contributed by atoms with Crippen LogP contribution in [0.3, 0.4) is 0 Å². The minimum absolute atomic E-state index is 0.0536. The van der Waals surface area contributed by atoms with Crippen molar-refractivity contribution < 1.29 is 4.39 Å². The van der Waals surface area contributed by atoms with Crippen molar-refractivity contribution in [3.05, 3.63) is 29.6 Å². The number of fused-ring (bicyclic) bond motifs is 1. The highest BCUT2D eigenvalue weighted by molar-refractivity contribution is 5.59. The molecule has 3 rings (SSSR count). The van der Waals surface area contributed by atoms with Gasteiger partial charge in [0, 0.05) is 57.1 Å². The number of nitrogens with zero attached hydrogens (tertiary/aromatic N) is 2. The van der Waals surface area contributed by atoms with E-state index >= 15 is 0 Å². The minimum Gasteiger partial charge on any atom is -0.370 e. The third kappa shape index (κ3) is 2.10. The normalized spacial score (nSPS) is 24.3. The maximum atomic E-state index is 13.8. The zero-order valence-corrected chi connectivity index (χ0v) is 10.8. The number of hydrogen-bond donors (Lipinski definition) is 1. The second-order valence-corrected chi connectivity index (χ2v) is 5.26. The number of halogens is 1. The first kappa shape index (κ1) is 11.9. The lowest BCUT2D eigenvalue weighted by atomic mass is 10.1. The van der Waals surface area contributed by atoms with E-state index in [1.807, 2.05) is 6.07 Å². The third-order valence-electron chi connectivity index (χ3n) is 4.14. The van der Waals surface area contributed by atoms with Crippen LogP contribution in [0, 0.1) is 5.82 Å². The zero-order valence-electron chi connectivity index (χ0n) is 10.8. The van der Waals surface area contributed by atoms with Gasteiger partial charge < -0.3 is 10.2 Å². The molecule has 3 nitrogen and oxygen atoms in total. The Kier molecular flexibility index (Phi) is 3.22. The molecule has 0 saturated carbocycles. The predicted molar refractivity (Wildman–Crippen MR) is 71.6 cm³/mol. The molecule has 1 saturated heterocycles. The van der Waals surface area contributed by atoms with Crippen LogP contribution in [-0.4, -0.2) is 50.7 Å². The lowest BCUT2D eigenvalue weighted by Crippen LogP contribution is -2.48. The van der Waals surface area contributed by atoms with Gasteiger partial charge in [-0.15, -0.1) is 0 Å². The summed E-state index contributed by atoms with van der Waals surface area (Å²) in [5.74, 6) is -0.0536. The van der Waals surface area contributed by atoms with Crippen molar-refractivity contribution in [2.75, 3.05) is 44.7 Å². The Morgan fingerprint density at radius 2 is 2.11 bits per heavy atom. The fraction of sp³-hybridized carbons (Fsp3) is 0.571. The van der Waals surface area contributed by atoms with Crippen molar-refractivity contribution in [2.24, 2.45) is 0 Å². The van der Waals surface area contributed by atoms with Crippen molar-refractivity contribution in [1.29, 1.82) is 0 Å². The van der Waals surface area contributed by atoms with Gasteiger partial charge in [0.2, 0.25) is 0 Å². The summed E-state index contributed by atoms with van der Waals surface area (Å²) < 4.78 is 13.8. The quantitative estimate of drug-likeness (QED) is 0.846. The van der Waals surface area contributed by atoms with Gasteiger partial charge in [-0.2, -0.15) is 0 Å². The number of anilines is 1. The first-order valence-electron chi connectivity index (χ1n) is 6.69. The summed E-state index contributed by atoms with van der Waals surface area (Å²) in [6.07, 6.45) is 0.836. The van der Waals surface area contributed by atoms with Gasteiger partial charge in [0.15, 0.2) is 0 Å². The van der Waals surface area contributed by atoms with Crippen molar-refractivity contribution in [1.82, 2.24) is 10.2 Å². The van der Waals surface area contributed by atoms with Crippen LogP contribution in [0.5, 0.6) is 0 Å². The molecule has 1 atom stereocenters. The highest BCUT2D eigenvalue weighted by Crippen LogP contribution is 2.32. The summed E-state index contributed by atoms with van der Waals surface area (Å²) in [6.45, 7) is 5.37. The second kappa shape index (κ2) is 4.86. The Balaban J connectivity index is 1.71. The number of rotatable bonds is 2. The molecule has 0 radical (unpaired) electrons. The van der Waals surface area contributed by atoms with E-state index in [2.05, 4.69) is 22.2 Å². The van der Waals surface area contributed by atoms with Crippen LogP contribution >= 0.6 is 0 Å². The number of nitrogens with one attached hydrogen (secondary N) is 1. The maximum Gasteiger partial charge on any atom is 0.128 e. The summed E-state index contributed by atoms with van der Waals surface area (Å²) in [7, 11) is 2.08. The van der Waals surface area contributed by atoms with Gasteiger partial charge in [-0.3, -0.25) is 4.90 Å². The van der Waals surface area contributed by atoms with Crippen LogP contribution < -0.4 is 10.2 Å². The average molecular weight is 249 g/mol. The lowest BCUT2D eigenvalue weighted by Gasteiger charge is -2.32. The fourth-order valence-electron chi connectivity index (χ4n) is 3.03. The monoisotopic (exact) mass is 249 g/mol. The molecule has 18 heavy (non-hydrogen) atoms. The van der Waals surface area contributed by atoms with Crippen LogP contribution in [0.4, 0.5) is 10.1 Å². The molecular weight excluding hydrogens is 229 g/mol. The van der Waals surface area contributed by atoms with E-state index in [1.54, 1.807) is 12.1 Å². The Morgan fingerprint density at radius 1 is 1.33 bits per heavy atom. The Bertz CT molecular complexity index is 429. The molecule has 1 fully saturated rings. The molecule has 1 aromatic carbocycles. The van der Waals surface area contributed by atoms with Gasteiger partial charge in [0.25, 0.3) is 0 Å². The molecule has 2 aliphatic rings. The van der Waals surface area contributed by atoms with E-state index in [0.717, 1.165) is 50.4 Å². The average Bonchev–Trinajstić information content (AvgIpc) is 2.70. The number of hydrogen-bond acceptors (Lipinski definition) is 3. The zero-order chi connectivity index (χ0) is 12.5. The van der Waals surface area contributed by atoms with Gasteiger partial charge in [0.1, 0.15) is 5.82 Å². The van der Waals surface area contributed by atoms with Crippen molar-refractivity contribution in [2.45, 2.75) is 12.5 Å². The van der Waals surface area contributed by atoms with Crippen molar-refractivity contribution >= 4 is 5.69 Å². The SMILES string of the molecule is CN1c2cccc(F)c2CC1CN1CCNCC1. The van der Waals surface area contributed by atoms with E-state index in [1.165, 1.54) is 0 Å². The van der Waals surface area contributed by atoms with E-state index < -0.39 is 0 Å². The van der Waals surface area contributed by atoms with Crippen LogP contribution in [-0.2, 0) is 6.42 Å². The molecule has 0 aliphatic carbocycles. The van der Waals surface area contributed by atoms with Crippen LogP contribution in [0.25, 0.3) is 0 Å². The Morgan fingerprint density at radius 3 is 2.83 bits per heavy atom. The van der Waals surface area contributed by atoms with Gasteiger partial charge in [-0.1, -0.05) is 6.07 Å². The van der Waals surface area contributed by atoms with Crippen molar-refractivity contribution in [3.63, 3.8) is 0 Å². The maximum absolute atomic E-state index is 13.8. The van der Waals surface area contributed by atoms with Gasteiger partial charge in [-0.25, -0.2) is 4.39 Å². The van der Waals surface area contributed by atoms with E-state index in [4.69, 9.17) is 0 Å². The third-order valence-corrected chi connectivity index (χ3v) is 4.14. The smallest absolute Gasteiger partial charge is 0.128 e. The molecule has 1 aromatic rings. The molecule has 4 heteroatoms. The molecule has 2 heterocycles. The molecule has 1 N–H and O–H groups in total. The topological polar surface area (TPSA) is 18.5 Å². The molecule has 0 bridgehead atoms. The number of benzene rings is 1. The summed E-state index contributed by atoms with van der Waals surface area (Å²) in [4.78, 5) is 4.71. The van der Waals surface area contributed by atoms with Gasteiger partial charge in [-0.05, 0) is 18.6 Å². The molecule has 1 unspecified atom stereocenters. The summed E-state index contributed by atoms with van der Waals surface area (Å²) in [5.41, 5.74) is 1.95. The van der Waals surface area contributed by atoms with Crippen LogP contribution in [0.2, 0.25) is 0 Å². The van der Waals surface area contributed by atoms with Gasteiger partial charge in [0.05, 0.1) is 0 Å². The first-order chi connectivity index (χ1) is 8.75. The first-order valence-corrected chi connectivity index (χ1v) is 6.69. The highest BCUT2D eigenvalue weighted by atomic mass is 19.1. The summed E-state index contributed by atoms with van der Waals surface area (Å²) in [6, 6.07) is 5.81. The van der Waals surface area contributed by atoms with Crippen LogP contribution in [0.1, 0.15) is 5.56 Å². The molecule has 2 aliphatic heterocycles. The molecule has 0 amide bonds. The Labute approximate surface area is 108 Å². The largest absolute Gasteiger partial charge is 0.370 e. The van der Waals surface area contributed by atoms with Crippen molar-refractivity contribution in [3.8, 4) is 0 Å². The predicted octanol–water partition coefficient (Wildman–Crippen LogP) is 1.09. The molecule has 0 spiro atoms. The van der Waals surface area contributed by atoms with E-state index in [9.17, 15) is 4.39 Å². The molecule has 98 valence electrons. The summed E-state index contributed by atoms with van der Waals surface area (Å²) in [5, 5.41) is 3.36. The molecular formula is C14H20FN3. The van der Waals surface area contributed by atoms with E-state index in [-0.39, 0.29) is 5.82 Å². The summed E-state index contributed by atoms with van der Waals surface area (Å²) >= 11 is 0. The second-order valence-electron chi connectivity index (χ2n) is 5.26. The minimum atomic E-state index is -0.0536. The number of likely N-dealkylation sites (N-methyl/N-ethyl adjacent to an activating group) is 1. The Hall–Kier alpha value is -1.13. The highest BCUT2D eigenvalue weighted by Gasteiger charge is 2.30. The van der Waals surface area contributed by atoms with Crippen LogP contribution in [0.15, 0.2) is 18.2 Å². The fourth-order valence-corrected chi connectivity index (χ4v) is 3.03.